The maximum atomic E-state index is 13.1. The van der Waals surface area contributed by atoms with Gasteiger partial charge in [0.05, 0.1) is 23.4 Å². The molecule has 12 heteroatoms. The highest BCUT2D eigenvalue weighted by Crippen LogP contribution is 2.38. The number of carbonyl (C=O) groups is 2. The van der Waals surface area contributed by atoms with E-state index in [2.05, 4.69) is 20.0 Å². The first-order chi connectivity index (χ1) is 18.7. The van der Waals surface area contributed by atoms with Gasteiger partial charge in [0.15, 0.2) is 0 Å². The zero-order valence-corrected chi connectivity index (χ0v) is 21.4. The van der Waals surface area contributed by atoms with Gasteiger partial charge in [-0.3, -0.25) is 14.6 Å². The molecular formula is C27H24ClF2N5O4. The third kappa shape index (κ3) is 5.24. The van der Waals surface area contributed by atoms with Gasteiger partial charge < -0.3 is 25.0 Å². The van der Waals surface area contributed by atoms with Crippen LogP contribution in [0.3, 0.4) is 0 Å². The first-order valence-electron chi connectivity index (χ1n) is 12.5. The molecule has 2 aliphatic heterocycles. The second kappa shape index (κ2) is 9.73. The average molecular weight is 556 g/mol. The molecule has 1 aliphatic carbocycles. The molecular weight excluding hydrogens is 532 g/mol. The highest BCUT2D eigenvalue weighted by atomic mass is 35.5. The van der Waals surface area contributed by atoms with E-state index in [4.69, 9.17) is 11.6 Å². The Kier molecular flexibility index (Phi) is 6.35. The van der Waals surface area contributed by atoms with Crippen molar-refractivity contribution in [1.29, 1.82) is 0 Å². The number of pyridine rings is 2. The largest absolute Gasteiger partial charge is 0.487 e. The fraction of sp³-hybridized carbons (Fsp3) is 0.333. The van der Waals surface area contributed by atoms with Gasteiger partial charge in [-0.1, -0.05) is 0 Å². The fourth-order valence-electron chi connectivity index (χ4n) is 4.87. The fourth-order valence-corrected chi connectivity index (χ4v) is 4.96. The molecule has 39 heavy (non-hydrogen) atoms. The summed E-state index contributed by atoms with van der Waals surface area (Å²) in [6.07, 6.45) is 5.16. The molecule has 2 amide bonds. The topological polar surface area (TPSA) is 108 Å². The Balaban J connectivity index is 1.28. The van der Waals surface area contributed by atoms with Crippen LogP contribution in [0, 0.1) is 5.92 Å². The van der Waals surface area contributed by atoms with E-state index in [0.717, 1.165) is 18.5 Å². The summed E-state index contributed by atoms with van der Waals surface area (Å²) >= 11 is 4.79. The Morgan fingerprint density at radius 3 is 2.54 bits per heavy atom. The van der Waals surface area contributed by atoms with Gasteiger partial charge >= 0.3 is 5.57 Å². The Morgan fingerprint density at radius 2 is 1.87 bits per heavy atom. The lowest BCUT2D eigenvalue weighted by atomic mass is 9.97. The van der Waals surface area contributed by atoms with Crippen molar-refractivity contribution in [2.45, 2.75) is 31.0 Å². The number of aromatic nitrogens is 2. The molecule has 9 nitrogen and oxygen atoms in total. The van der Waals surface area contributed by atoms with Crippen LogP contribution >= 0.6 is 11.6 Å². The number of nitrogens with one attached hydrogen (secondary N) is 1. The lowest BCUT2D eigenvalue weighted by molar-refractivity contribution is -0.0964. The van der Waals surface area contributed by atoms with Gasteiger partial charge in [0.2, 0.25) is 0 Å². The van der Waals surface area contributed by atoms with Crippen LogP contribution in [0.25, 0.3) is 11.1 Å². The van der Waals surface area contributed by atoms with Crippen molar-refractivity contribution in [1.82, 2.24) is 14.9 Å². The van der Waals surface area contributed by atoms with Crippen LogP contribution in [0.5, 0.6) is 5.75 Å². The predicted molar refractivity (Wildman–Crippen MR) is 139 cm³/mol. The molecule has 0 atom stereocenters. The van der Waals surface area contributed by atoms with E-state index >= 15 is 0 Å². The number of hydrogen-bond acceptors (Lipinski definition) is 7. The van der Waals surface area contributed by atoms with Crippen LogP contribution in [-0.2, 0) is 6.54 Å². The van der Waals surface area contributed by atoms with Crippen LogP contribution in [0.4, 0.5) is 20.3 Å². The predicted octanol–water partition coefficient (Wildman–Crippen LogP) is 4.11. The normalized spacial score (nSPS) is 17.2. The van der Waals surface area contributed by atoms with Gasteiger partial charge in [-0.05, 0) is 49.2 Å². The van der Waals surface area contributed by atoms with Crippen LogP contribution in [-0.4, -0.2) is 63.1 Å². The SMILES string of the molecule is O=C(Nc1ccc(OC(F)(F)Cl)cc1)c1cnc(N2CC(CO)C2)c(-c2cnc3c(c2)C(=O)N(C2CC2)C3)c1. The Hall–Kier alpha value is -3.83. The number of ether oxygens (including phenoxy) is 1. The first kappa shape index (κ1) is 25.4. The van der Waals surface area contributed by atoms with Crippen LogP contribution < -0.4 is 15.0 Å². The zero-order valence-electron chi connectivity index (χ0n) is 20.6. The van der Waals surface area contributed by atoms with Gasteiger partial charge in [-0.15, -0.1) is 8.78 Å². The number of aliphatic hydroxyl groups excluding tert-OH is 1. The smallest absolute Gasteiger partial charge is 0.420 e. The van der Waals surface area contributed by atoms with E-state index in [-0.39, 0.29) is 35.8 Å². The number of halogens is 3. The number of hydrogen-bond donors (Lipinski definition) is 2. The van der Waals surface area contributed by atoms with Gasteiger partial charge in [-0.25, -0.2) is 4.98 Å². The van der Waals surface area contributed by atoms with Crippen molar-refractivity contribution in [3.63, 3.8) is 0 Å². The molecule has 0 radical (unpaired) electrons. The van der Waals surface area contributed by atoms with Crippen LogP contribution in [0.1, 0.15) is 39.3 Å². The highest BCUT2D eigenvalue weighted by Gasteiger charge is 2.39. The van der Waals surface area contributed by atoms with Crippen molar-refractivity contribution in [2.75, 3.05) is 29.9 Å². The maximum Gasteiger partial charge on any atom is 0.487 e. The van der Waals surface area contributed by atoms with Gasteiger partial charge in [0.1, 0.15) is 11.6 Å². The summed E-state index contributed by atoms with van der Waals surface area (Å²) in [5.41, 5.74) is -0.631. The quantitative estimate of drug-likeness (QED) is 0.403. The number of benzene rings is 1. The number of nitrogens with zero attached hydrogens (tertiary/aromatic N) is 4. The third-order valence-corrected chi connectivity index (χ3v) is 7.15. The number of amides is 2. The molecule has 2 N–H and O–H groups in total. The van der Waals surface area contributed by atoms with Crippen molar-refractivity contribution >= 4 is 34.9 Å². The van der Waals surface area contributed by atoms with E-state index in [0.29, 0.717) is 47.8 Å². The molecule has 202 valence electrons. The van der Waals surface area contributed by atoms with Gasteiger partial charge in [0.25, 0.3) is 11.8 Å². The summed E-state index contributed by atoms with van der Waals surface area (Å²) in [4.78, 5) is 39.1. The molecule has 0 spiro atoms. The molecule has 2 aromatic heterocycles. The van der Waals surface area contributed by atoms with Crippen molar-refractivity contribution < 1.29 is 28.2 Å². The second-order valence-corrected chi connectivity index (χ2v) is 10.4. The highest BCUT2D eigenvalue weighted by molar-refractivity contribution is 6.20. The Morgan fingerprint density at radius 1 is 1.13 bits per heavy atom. The number of alkyl halides is 3. The Bertz CT molecular complexity index is 1440. The molecule has 1 saturated heterocycles. The molecule has 0 unspecified atom stereocenters. The number of anilines is 2. The summed E-state index contributed by atoms with van der Waals surface area (Å²) in [6, 6.07) is 9.13. The molecule has 1 saturated carbocycles. The second-order valence-electron chi connectivity index (χ2n) is 9.96. The summed E-state index contributed by atoms with van der Waals surface area (Å²) in [5, 5.41) is 12.2. The lowest BCUT2D eigenvalue weighted by Crippen LogP contribution is -2.49. The summed E-state index contributed by atoms with van der Waals surface area (Å²) < 4.78 is 30.0. The number of carbonyl (C=O) groups excluding carboxylic acids is 2. The van der Waals surface area contributed by atoms with Crippen molar-refractivity contribution in [3.05, 3.63) is 65.6 Å². The lowest BCUT2D eigenvalue weighted by Gasteiger charge is -2.40. The first-order valence-corrected chi connectivity index (χ1v) is 12.9. The Labute approximate surface area is 227 Å². The standard InChI is InChI=1S/C27H24ClF2N5O4/c28-27(29,30)39-20-5-1-18(2-6-20)33-25(37)17-8-21(24(32-10-17)34-11-15(12-34)14-36)16-7-22-23(31-9-16)13-35(26(22)38)19-3-4-19/h1-2,5-10,15,19,36H,3-4,11-14H2,(H,33,37). The molecule has 1 aromatic carbocycles. The molecule has 4 heterocycles. The monoisotopic (exact) mass is 555 g/mol. The van der Waals surface area contributed by atoms with Crippen molar-refractivity contribution in [3.8, 4) is 16.9 Å². The summed E-state index contributed by atoms with van der Waals surface area (Å²) in [5.74, 6) is 0.115. The zero-order chi connectivity index (χ0) is 27.3. The van der Waals surface area contributed by atoms with E-state index in [1.54, 1.807) is 12.3 Å². The minimum Gasteiger partial charge on any atom is -0.420 e. The van der Waals surface area contributed by atoms with E-state index < -0.39 is 11.5 Å². The van der Waals surface area contributed by atoms with Crippen LogP contribution in [0.2, 0.25) is 0 Å². The maximum absolute atomic E-state index is 13.1. The van der Waals surface area contributed by atoms with Gasteiger partial charge in [0, 0.05) is 72.5 Å². The van der Waals surface area contributed by atoms with E-state index in [9.17, 15) is 23.5 Å². The van der Waals surface area contributed by atoms with Crippen LogP contribution in [0.15, 0.2) is 48.8 Å². The summed E-state index contributed by atoms with van der Waals surface area (Å²) in [6.45, 7) is 1.81. The molecule has 2 fully saturated rings. The van der Waals surface area contributed by atoms with Gasteiger partial charge in [-0.2, -0.15) is 0 Å². The molecule has 3 aromatic rings. The molecule has 0 bridgehead atoms. The summed E-state index contributed by atoms with van der Waals surface area (Å²) in [7, 11) is 0. The minimum absolute atomic E-state index is 0.0334. The number of rotatable bonds is 8. The van der Waals surface area contributed by atoms with E-state index in [1.165, 1.54) is 30.5 Å². The number of fused-ring (bicyclic) bond motifs is 1. The average Bonchev–Trinajstić information content (AvgIpc) is 3.67. The van der Waals surface area contributed by atoms with Crippen molar-refractivity contribution in [2.24, 2.45) is 5.92 Å². The molecule has 3 aliphatic rings. The molecule has 6 rings (SSSR count). The number of aliphatic hydroxyl groups is 1. The van der Waals surface area contributed by atoms with E-state index in [1.807, 2.05) is 15.9 Å². The third-order valence-electron chi connectivity index (χ3n) is 7.07. The minimum atomic E-state index is -3.84.